The van der Waals surface area contributed by atoms with Crippen molar-refractivity contribution in [3.8, 4) is 0 Å². The molecule has 15 heavy (non-hydrogen) atoms. The molecule has 0 aliphatic heterocycles. The zero-order chi connectivity index (χ0) is 11.2. The van der Waals surface area contributed by atoms with Gasteiger partial charge >= 0.3 is 0 Å². The number of halogens is 1. The van der Waals surface area contributed by atoms with Crippen molar-refractivity contribution in [2.75, 3.05) is 5.33 Å². The van der Waals surface area contributed by atoms with Crippen LogP contribution in [0.4, 0.5) is 0 Å². The Bertz CT molecular complexity index is 159. The Morgan fingerprint density at radius 1 is 0.800 bits per heavy atom. The van der Waals surface area contributed by atoms with E-state index in [0.29, 0.717) is 0 Å². The van der Waals surface area contributed by atoms with E-state index in [4.69, 9.17) is 0 Å². The van der Waals surface area contributed by atoms with Crippen LogP contribution in [0, 0.1) is 0 Å². The van der Waals surface area contributed by atoms with E-state index in [2.05, 4.69) is 47.2 Å². The van der Waals surface area contributed by atoms with Crippen LogP contribution in [0.15, 0.2) is 24.3 Å². The van der Waals surface area contributed by atoms with Crippen LogP contribution in [0.3, 0.4) is 0 Å². The summed E-state index contributed by atoms with van der Waals surface area (Å²) in [5, 5.41) is 1.15. The smallest absolute Gasteiger partial charge is 0.00313 e. The van der Waals surface area contributed by atoms with Crippen molar-refractivity contribution < 1.29 is 0 Å². The van der Waals surface area contributed by atoms with Crippen molar-refractivity contribution in [1.29, 1.82) is 0 Å². The Morgan fingerprint density at radius 2 is 1.40 bits per heavy atom. The molecular weight excluding hydrogens is 248 g/mol. The Morgan fingerprint density at radius 3 is 1.93 bits per heavy atom. The summed E-state index contributed by atoms with van der Waals surface area (Å²) in [5.41, 5.74) is 0. The van der Waals surface area contributed by atoms with Crippen LogP contribution < -0.4 is 0 Å². The van der Waals surface area contributed by atoms with Gasteiger partial charge < -0.3 is 0 Å². The van der Waals surface area contributed by atoms with E-state index in [1.54, 1.807) is 0 Å². The van der Waals surface area contributed by atoms with E-state index in [1.807, 2.05) is 0 Å². The second-order valence-corrected chi connectivity index (χ2v) is 4.68. The maximum Gasteiger partial charge on any atom is 0.00313 e. The number of unbranched alkanes of at least 4 members (excludes halogenated alkanes) is 6. The molecular formula is C14H25Br. The van der Waals surface area contributed by atoms with Gasteiger partial charge in [0.1, 0.15) is 0 Å². The lowest BCUT2D eigenvalue weighted by molar-refractivity contribution is 0.729. The molecule has 0 rings (SSSR count). The minimum Gasteiger partial charge on any atom is -0.0928 e. The van der Waals surface area contributed by atoms with Crippen LogP contribution in [0.1, 0.15) is 58.3 Å². The zero-order valence-corrected chi connectivity index (χ0v) is 11.6. The molecule has 0 unspecified atom stereocenters. The Kier molecular flexibility index (Phi) is 13.9. The van der Waals surface area contributed by atoms with E-state index in [1.165, 1.54) is 51.4 Å². The van der Waals surface area contributed by atoms with E-state index < -0.39 is 0 Å². The monoisotopic (exact) mass is 272 g/mol. The highest BCUT2D eigenvalue weighted by Crippen LogP contribution is 2.03. The molecule has 0 amide bonds. The molecule has 88 valence electrons. The molecule has 0 fully saturated rings. The lowest BCUT2D eigenvalue weighted by atomic mass is 10.2. The van der Waals surface area contributed by atoms with Crippen LogP contribution in [0.5, 0.6) is 0 Å². The van der Waals surface area contributed by atoms with E-state index >= 15 is 0 Å². The zero-order valence-electron chi connectivity index (χ0n) is 10.1. The fourth-order valence-corrected chi connectivity index (χ4v) is 1.79. The largest absolute Gasteiger partial charge is 0.0928 e. The summed E-state index contributed by atoms with van der Waals surface area (Å²) in [5.74, 6) is 0. The molecule has 0 bridgehead atoms. The first kappa shape index (κ1) is 15.0. The van der Waals surface area contributed by atoms with Crippen molar-refractivity contribution in [3.05, 3.63) is 24.3 Å². The van der Waals surface area contributed by atoms with Gasteiger partial charge in [0.05, 0.1) is 0 Å². The molecule has 0 aromatic carbocycles. The third-order valence-corrected chi connectivity index (χ3v) is 2.92. The number of hydrogen-bond donors (Lipinski definition) is 0. The highest BCUT2D eigenvalue weighted by Gasteiger charge is 1.84. The number of allylic oxidation sites excluding steroid dienone is 4. The summed E-state index contributed by atoms with van der Waals surface area (Å²) in [6.07, 6.45) is 19.4. The highest BCUT2D eigenvalue weighted by molar-refractivity contribution is 9.09. The molecule has 0 aliphatic rings. The standard InChI is InChI=1S/C14H25Br/c1-2-3-4-5-6-7-8-9-10-11-12-13-14-15/h6-9H,2-5,10-14H2,1H3/b7-6+,9-8+. The maximum atomic E-state index is 3.44. The number of hydrogen-bond acceptors (Lipinski definition) is 0. The molecule has 0 aliphatic carbocycles. The van der Waals surface area contributed by atoms with Gasteiger partial charge in [-0.25, -0.2) is 0 Å². The lowest BCUT2D eigenvalue weighted by Gasteiger charge is -1.92. The molecule has 0 saturated heterocycles. The van der Waals surface area contributed by atoms with Crippen molar-refractivity contribution in [2.45, 2.75) is 58.3 Å². The average Bonchev–Trinajstić information content (AvgIpc) is 2.26. The quantitative estimate of drug-likeness (QED) is 0.275. The topological polar surface area (TPSA) is 0 Å². The van der Waals surface area contributed by atoms with Crippen LogP contribution >= 0.6 is 15.9 Å². The molecule has 0 heterocycles. The molecule has 0 spiro atoms. The van der Waals surface area contributed by atoms with Gasteiger partial charge in [-0.1, -0.05) is 66.4 Å². The normalized spacial score (nSPS) is 11.9. The predicted octanol–water partition coefficient (Wildman–Crippen LogP) is 5.63. The van der Waals surface area contributed by atoms with Gasteiger partial charge in [0.2, 0.25) is 0 Å². The van der Waals surface area contributed by atoms with Gasteiger partial charge in [0.25, 0.3) is 0 Å². The van der Waals surface area contributed by atoms with Crippen molar-refractivity contribution in [2.24, 2.45) is 0 Å². The predicted molar refractivity (Wildman–Crippen MR) is 74.7 cm³/mol. The van der Waals surface area contributed by atoms with Gasteiger partial charge in [-0.05, 0) is 32.1 Å². The second-order valence-electron chi connectivity index (χ2n) is 3.89. The van der Waals surface area contributed by atoms with Crippen LogP contribution in [-0.4, -0.2) is 5.33 Å². The summed E-state index contributed by atoms with van der Waals surface area (Å²) in [6, 6.07) is 0. The number of rotatable bonds is 10. The summed E-state index contributed by atoms with van der Waals surface area (Å²) < 4.78 is 0. The lowest BCUT2D eigenvalue weighted by Crippen LogP contribution is -1.75. The van der Waals surface area contributed by atoms with E-state index in [9.17, 15) is 0 Å². The first-order valence-corrected chi connectivity index (χ1v) is 7.41. The SMILES string of the molecule is CCCCC/C=C/C=C/CCCCCBr. The minimum atomic E-state index is 1.15. The molecule has 0 nitrogen and oxygen atoms in total. The molecule has 0 aromatic rings. The van der Waals surface area contributed by atoms with Gasteiger partial charge in [0.15, 0.2) is 0 Å². The fourth-order valence-electron chi connectivity index (χ4n) is 1.40. The van der Waals surface area contributed by atoms with Gasteiger partial charge in [-0.3, -0.25) is 0 Å². The van der Waals surface area contributed by atoms with Gasteiger partial charge in [-0.15, -0.1) is 0 Å². The van der Waals surface area contributed by atoms with Crippen LogP contribution in [-0.2, 0) is 0 Å². The maximum absolute atomic E-state index is 3.44. The van der Waals surface area contributed by atoms with Crippen LogP contribution in [0.2, 0.25) is 0 Å². The highest BCUT2D eigenvalue weighted by atomic mass is 79.9. The Hall–Kier alpha value is -0.0400. The average molecular weight is 273 g/mol. The first-order chi connectivity index (χ1) is 7.41. The third-order valence-electron chi connectivity index (χ3n) is 2.36. The van der Waals surface area contributed by atoms with Crippen molar-refractivity contribution >= 4 is 15.9 Å². The third kappa shape index (κ3) is 14.0. The van der Waals surface area contributed by atoms with Gasteiger partial charge in [0, 0.05) is 5.33 Å². The summed E-state index contributed by atoms with van der Waals surface area (Å²) in [6.45, 7) is 2.25. The minimum absolute atomic E-state index is 1.15. The molecule has 0 atom stereocenters. The van der Waals surface area contributed by atoms with Crippen molar-refractivity contribution in [3.63, 3.8) is 0 Å². The summed E-state index contributed by atoms with van der Waals surface area (Å²) >= 11 is 3.44. The van der Waals surface area contributed by atoms with E-state index in [-0.39, 0.29) is 0 Å². The molecule has 0 N–H and O–H groups in total. The number of alkyl halides is 1. The first-order valence-electron chi connectivity index (χ1n) is 6.29. The molecule has 0 aromatic heterocycles. The molecule has 0 radical (unpaired) electrons. The van der Waals surface area contributed by atoms with Gasteiger partial charge in [-0.2, -0.15) is 0 Å². The Balaban J connectivity index is 3.15. The second kappa shape index (κ2) is 14.0. The summed E-state index contributed by atoms with van der Waals surface area (Å²) in [7, 11) is 0. The van der Waals surface area contributed by atoms with E-state index in [0.717, 1.165) is 5.33 Å². The Labute approximate surface area is 104 Å². The van der Waals surface area contributed by atoms with Crippen LogP contribution in [0.25, 0.3) is 0 Å². The molecule has 0 saturated carbocycles. The molecule has 1 heteroatoms. The fraction of sp³-hybridized carbons (Fsp3) is 0.714. The summed E-state index contributed by atoms with van der Waals surface area (Å²) in [4.78, 5) is 0. The van der Waals surface area contributed by atoms with Crippen molar-refractivity contribution in [1.82, 2.24) is 0 Å².